The number of likely N-dealkylation sites (tertiary alicyclic amines) is 1. The smallest absolute Gasteiger partial charge is 0.317 e. The molecular weight excluding hydrogens is 222 g/mol. The molecule has 0 aromatic rings. The second kappa shape index (κ2) is 4.52. The predicted octanol–water partition coefficient (Wildman–Crippen LogP) is 0.126. The number of hydrogen-bond donors (Lipinski definition) is 3. The molecule has 1 saturated heterocycles. The van der Waals surface area contributed by atoms with Crippen LogP contribution in [0.3, 0.4) is 0 Å². The Morgan fingerprint density at radius 3 is 2.59 bits per heavy atom. The lowest BCUT2D eigenvalue weighted by molar-refractivity contribution is -0.139. The fourth-order valence-electron chi connectivity index (χ4n) is 2.52. The van der Waals surface area contributed by atoms with Gasteiger partial charge in [0, 0.05) is 19.1 Å². The zero-order valence-corrected chi connectivity index (χ0v) is 9.82. The molecule has 2 aliphatic rings. The van der Waals surface area contributed by atoms with Crippen LogP contribution in [0, 0.1) is 0 Å². The van der Waals surface area contributed by atoms with Crippen molar-refractivity contribution < 1.29 is 14.7 Å². The van der Waals surface area contributed by atoms with Gasteiger partial charge in [-0.3, -0.25) is 4.79 Å². The van der Waals surface area contributed by atoms with E-state index >= 15 is 0 Å². The van der Waals surface area contributed by atoms with Gasteiger partial charge >= 0.3 is 12.0 Å². The number of hydrogen-bond acceptors (Lipinski definition) is 3. The molecule has 0 spiro atoms. The minimum Gasteiger partial charge on any atom is -0.481 e. The van der Waals surface area contributed by atoms with Crippen LogP contribution in [-0.2, 0) is 4.79 Å². The summed E-state index contributed by atoms with van der Waals surface area (Å²) in [4.78, 5) is 24.4. The number of aliphatic carboxylic acids is 1. The molecule has 17 heavy (non-hydrogen) atoms. The van der Waals surface area contributed by atoms with Crippen LogP contribution in [0.15, 0.2) is 0 Å². The standard InChI is InChI=1S/C11H19N3O3/c12-8-2-5-14(7-8)10(17)13-11(3-1-4-11)6-9(15)16/h8H,1-7,12H2,(H,13,17)(H,15,16). The molecule has 2 amide bonds. The molecule has 0 aromatic heterocycles. The highest BCUT2D eigenvalue weighted by molar-refractivity contribution is 5.77. The van der Waals surface area contributed by atoms with Gasteiger partial charge in [0.1, 0.15) is 0 Å². The molecule has 4 N–H and O–H groups in total. The van der Waals surface area contributed by atoms with Crippen molar-refractivity contribution in [3.8, 4) is 0 Å². The van der Waals surface area contributed by atoms with Gasteiger partial charge in [-0.1, -0.05) is 0 Å². The number of carbonyl (C=O) groups excluding carboxylic acids is 1. The zero-order chi connectivity index (χ0) is 12.5. The summed E-state index contributed by atoms with van der Waals surface area (Å²) in [6.07, 6.45) is 3.32. The number of nitrogens with one attached hydrogen (secondary N) is 1. The molecule has 0 radical (unpaired) electrons. The van der Waals surface area contributed by atoms with E-state index in [-0.39, 0.29) is 18.5 Å². The fourth-order valence-corrected chi connectivity index (χ4v) is 2.52. The van der Waals surface area contributed by atoms with Gasteiger partial charge in [-0.2, -0.15) is 0 Å². The highest BCUT2D eigenvalue weighted by Gasteiger charge is 2.41. The Balaban J connectivity index is 1.90. The molecule has 1 aliphatic carbocycles. The second-order valence-corrected chi connectivity index (χ2v) is 5.13. The average Bonchev–Trinajstić information content (AvgIpc) is 2.60. The molecule has 6 nitrogen and oxygen atoms in total. The quantitative estimate of drug-likeness (QED) is 0.654. The van der Waals surface area contributed by atoms with E-state index in [1.165, 1.54) is 0 Å². The number of nitrogens with zero attached hydrogens (tertiary/aromatic N) is 1. The zero-order valence-electron chi connectivity index (χ0n) is 9.82. The summed E-state index contributed by atoms with van der Waals surface area (Å²) in [5.41, 5.74) is 5.22. The Hall–Kier alpha value is -1.30. The number of carboxylic acid groups (broad SMARTS) is 1. The number of carboxylic acids is 1. The van der Waals surface area contributed by atoms with Gasteiger partial charge in [-0.15, -0.1) is 0 Å². The van der Waals surface area contributed by atoms with E-state index < -0.39 is 11.5 Å². The third kappa shape index (κ3) is 2.69. The van der Waals surface area contributed by atoms with Gasteiger partial charge in [-0.05, 0) is 25.7 Å². The molecule has 2 fully saturated rings. The average molecular weight is 241 g/mol. The molecule has 1 atom stereocenters. The lowest BCUT2D eigenvalue weighted by Gasteiger charge is -2.42. The van der Waals surface area contributed by atoms with Crippen LogP contribution in [-0.4, -0.2) is 46.7 Å². The molecule has 1 saturated carbocycles. The van der Waals surface area contributed by atoms with Crippen LogP contribution in [0.2, 0.25) is 0 Å². The Labute approximate surface area is 100 Å². The largest absolute Gasteiger partial charge is 0.481 e. The van der Waals surface area contributed by atoms with Gasteiger partial charge in [0.15, 0.2) is 0 Å². The van der Waals surface area contributed by atoms with E-state index in [0.29, 0.717) is 13.1 Å². The van der Waals surface area contributed by atoms with Gasteiger partial charge in [0.05, 0.1) is 12.0 Å². The first-order chi connectivity index (χ1) is 8.01. The van der Waals surface area contributed by atoms with Gasteiger partial charge < -0.3 is 21.1 Å². The Morgan fingerprint density at radius 1 is 1.47 bits per heavy atom. The second-order valence-electron chi connectivity index (χ2n) is 5.13. The van der Waals surface area contributed by atoms with Gasteiger partial charge in [0.25, 0.3) is 0 Å². The third-order valence-corrected chi connectivity index (χ3v) is 3.68. The predicted molar refractivity (Wildman–Crippen MR) is 61.5 cm³/mol. The molecule has 96 valence electrons. The Morgan fingerprint density at radius 2 is 2.18 bits per heavy atom. The summed E-state index contributed by atoms with van der Waals surface area (Å²) < 4.78 is 0. The molecule has 0 bridgehead atoms. The maximum absolute atomic E-state index is 11.9. The monoisotopic (exact) mass is 241 g/mol. The van der Waals surface area contributed by atoms with Crippen molar-refractivity contribution in [1.82, 2.24) is 10.2 Å². The summed E-state index contributed by atoms with van der Waals surface area (Å²) >= 11 is 0. The SMILES string of the molecule is NC1CCN(C(=O)NC2(CC(=O)O)CCC2)C1. The van der Waals surface area contributed by atoms with Crippen molar-refractivity contribution >= 4 is 12.0 Å². The first-order valence-electron chi connectivity index (χ1n) is 6.05. The van der Waals surface area contributed by atoms with E-state index in [9.17, 15) is 9.59 Å². The topological polar surface area (TPSA) is 95.7 Å². The van der Waals surface area contributed by atoms with Crippen LogP contribution < -0.4 is 11.1 Å². The van der Waals surface area contributed by atoms with Crippen molar-refractivity contribution in [2.75, 3.05) is 13.1 Å². The fraction of sp³-hybridized carbons (Fsp3) is 0.818. The van der Waals surface area contributed by atoms with Crippen LogP contribution in [0.25, 0.3) is 0 Å². The molecule has 1 unspecified atom stereocenters. The number of carbonyl (C=O) groups is 2. The van der Waals surface area contributed by atoms with Crippen LogP contribution in [0.4, 0.5) is 4.79 Å². The summed E-state index contributed by atoms with van der Waals surface area (Å²) in [6, 6.07) is -0.114. The highest BCUT2D eigenvalue weighted by atomic mass is 16.4. The first-order valence-corrected chi connectivity index (χ1v) is 6.05. The normalized spacial score (nSPS) is 26.4. The number of nitrogens with two attached hydrogens (primary N) is 1. The molecule has 0 aromatic carbocycles. The van der Waals surface area contributed by atoms with Gasteiger partial charge in [0.2, 0.25) is 0 Å². The van der Waals surface area contributed by atoms with E-state index in [1.54, 1.807) is 4.90 Å². The van der Waals surface area contributed by atoms with E-state index in [2.05, 4.69) is 5.32 Å². The van der Waals surface area contributed by atoms with Crippen molar-refractivity contribution in [1.29, 1.82) is 0 Å². The number of rotatable bonds is 3. The van der Waals surface area contributed by atoms with Gasteiger partial charge in [-0.25, -0.2) is 4.79 Å². The summed E-state index contributed by atoms with van der Waals surface area (Å²) in [5.74, 6) is -0.858. The summed E-state index contributed by atoms with van der Waals surface area (Å²) in [6.45, 7) is 1.23. The first kappa shape index (κ1) is 12.2. The van der Waals surface area contributed by atoms with Crippen molar-refractivity contribution in [2.45, 2.75) is 43.7 Å². The van der Waals surface area contributed by atoms with E-state index in [4.69, 9.17) is 10.8 Å². The lowest BCUT2D eigenvalue weighted by Crippen LogP contribution is -2.57. The molecular formula is C11H19N3O3. The van der Waals surface area contributed by atoms with Crippen LogP contribution in [0.5, 0.6) is 0 Å². The maximum Gasteiger partial charge on any atom is 0.317 e. The van der Waals surface area contributed by atoms with Crippen LogP contribution in [0.1, 0.15) is 32.1 Å². The molecule has 6 heteroatoms. The highest BCUT2D eigenvalue weighted by Crippen LogP contribution is 2.35. The minimum absolute atomic E-state index is 0.0125. The third-order valence-electron chi connectivity index (χ3n) is 3.68. The summed E-state index contributed by atoms with van der Waals surface area (Å²) in [5, 5.41) is 11.7. The lowest BCUT2D eigenvalue weighted by atomic mass is 9.74. The van der Waals surface area contributed by atoms with E-state index in [0.717, 1.165) is 25.7 Å². The Kier molecular flexibility index (Phi) is 3.24. The maximum atomic E-state index is 11.9. The number of urea groups is 1. The molecule has 1 aliphatic heterocycles. The van der Waals surface area contributed by atoms with Crippen molar-refractivity contribution in [3.63, 3.8) is 0 Å². The van der Waals surface area contributed by atoms with E-state index in [1.807, 2.05) is 0 Å². The van der Waals surface area contributed by atoms with Crippen LogP contribution >= 0.6 is 0 Å². The minimum atomic E-state index is -0.858. The van der Waals surface area contributed by atoms with Crippen molar-refractivity contribution in [2.24, 2.45) is 5.73 Å². The molecule has 2 rings (SSSR count). The molecule has 1 heterocycles. The Bertz CT molecular complexity index is 328. The number of amides is 2. The summed E-state index contributed by atoms with van der Waals surface area (Å²) in [7, 11) is 0. The van der Waals surface area contributed by atoms with Crippen molar-refractivity contribution in [3.05, 3.63) is 0 Å².